The number of rotatable bonds is 6. The molecule has 3 heterocycles. The molecule has 1 aliphatic heterocycles. The van der Waals surface area contributed by atoms with Gasteiger partial charge < -0.3 is 19.4 Å². The second-order valence-corrected chi connectivity index (χ2v) is 7.44. The molecule has 1 amide bonds. The summed E-state index contributed by atoms with van der Waals surface area (Å²) in [5, 5.41) is 12.0. The number of nitrogens with one attached hydrogen (secondary N) is 1. The number of amides is 1. The van der Waals surface area contributed by atoms with Gasteiger partial charge in [-0.3, -0.25) is 4.79 Å². The third-order valence-electron chi connectivity index (χ3n) is 4.91. The average molecular weight is 436 g/mol. The molecule has 0 aliphatic carbocycles. The van der Waals surface area contributed by atoms with Gasteiger partial charge in [0.25, 0.3) is 5.91 Å². The summed E-state index contributed by atoms with van der Waals surface area (Å²) >= 11 is 5.98. The molecular weight excluding hydrogens is 418 g/mol. The van der Waals surface area contributed by atoms with Gasteiger partial charge in [-0.05, 0) is 47.5 Å². The van der Waals surface area contributed by atoms with Crippen molar-refractivity contribution in [3.8, 4) is 17.3 Å². The zero-order valence-electron chi connectivity index (χ0n) is 16.4. The van der Waals surface area contributed by atoms with Crippen molar-refractivity contribution >= 4 is 17.5 Å². The highest BCUT2D eigenvalue weighted by atomic mass is 35.5. The quantitative estimate of drug-likeness (QED) is 0.501. The van der Waals surface area contributed by atoms with E-state index in [4.69, 9.17) is 21.1 Å². The molecule has 31 heavy (non-hydrogen) atoms. The average Bonchev–Trinajstić information content (AvgIpc) is 3.53. The van der Waals surface area contributed by atoms with Crippen molar-refractivity contribution in [3.63, 3.8) is 0 Å². The van der Waals surface area contributed by atoms with Crippen LogP contribution < -0.4 is 14.8 Å². The second-order valence-electron chi connectivity index (χ2n) is 7.01. The number of aromatic nitrogens is 4. The molecule has 1 aliphatic rings. The molecule has 1 N–H and O–H groups in total. The maximum Gasteiger partial charge on any atom is 0.276 e. The number of carbonyl (C=O) groups is 1. The Balaban J connectivity index is 1.38. The summed E-state index contributed by atoms with van der Waals surface area (Å²) in [7, 11) is 0. The molecule has 0 radical (unpaired) electrons. The van der Waals surface area contributed by atoms with Gasteiger partial charge in [0, 0.05) is 24.0 Å². The lowest BCUT2D eigenvalue weighted by atomic mass is 10.2. The van der Waals surface area contributed by atoms with Crippen molar-refractivity contribution in [2.75, 3.05) is 6.79 Å². The van der Waals surface area contributed by atoms with Gasteiger partial charge in [-0.25, -0.2) is 4.68 Å². The monoisotopic (exact) mass is 435 g/mol. The predicted molar refractivity (Wildman–Crippen MR) is 114 cm³/mol. The fourth-order valence-electron chi connectivity index (χ4n) is 3.37. The Hall–Kier alpha value is -3.78. The van der Waals surface area contributed by atoms with Crippen LogP contribution in [-0.4, -0.2) is 32.3 Å². The van der Waals surface area contributed by atoms with Crippen molar-refractivity contribution in [1.29, 1.82) is 0 Å². The van der Waals surface area contributed by atoms with Crippen molar-refractivity contribution in [1.82, 2.24) is 24.9 Å². The third kappa shape index (κ3) is 3.97. The third-order valence-corrected chi connectivity index (χ3v) is 5.16. The largest absolute Gasteiger partial charge is 0.454 e. The summed E-state index contributed by atoms with van der Waals surface area (Å²) in [5.74, 6) is 1.65. The number of fused-ring (bicyclic) bond motifs is 1. The van der Waals surface area contributed by atoms with Gasteiger partial charge in [0.1, 0.15) is 0 Å². The molecule has 0 saturated carbocycles. The van der Waals surface area contributed by atoms with Crippen LogP contribution in [0.15, 0.2) is 67.0 Å². The normalized spacial score (nSPS) is 12.2. The number of ether oxygens (including phenoxy) is 2. The highest BCUT2D eigenvalue weighted by Crippen LogP contribution is 2.32. The van der Waals surface area contributed by atoms with Gasteiger partial charge in [0.15, 0.2) is 23.0 Å². The number of carbonyl (C=O) groups excluding carboxylic acids is 1. The van der Waals surface area contributed by atoms with Crippen LogP contribution in [-0.2, 0) is 13.1 Å². The van der Waals surface area contributed by atoms with Crippen LogP contribution >= 0.6 is 11.6 Å². The van der Waals surface area contributed by atoms with Crippen molar-refractivity contribution in [2.24, 2.45) is 0 Å². The van der Waals surface area contributed by atoms with Gasteiger partial charge in [-0.2, -0.15) is 0 Å². The van der Waals surface area contributed by atoms with E-state index >= 15 is 0 Å². The molecule has 2 aromatic carbocycles. The van der Waals surface area contributed by atoms with E-state index in [1.807, 2.05) is 71.6 Å². The molecule has 0 fully saturated rings. The topological polar surface area (TPSA) is 83.2 Å². The minimum absolute atomic E-state index is 0.210. The van der Waals surface area contributed by atoms with E-state index < -0.39 is 0 Å². The zero-order chi connectivity index (χ0) is 21.2. The minimum Gasteiger partial charge on any atom is -0.454 e. The first kappa shape index (κ1) is 19.2. The van der Waals surface area contributed by atoms with E-state index in [2.05, 4.69) is 15.6 Å². The summed E-state index contributed by atoms with van der Waals surface area (Å²) < 4.78 is 14.2. The maximum atomic E-state index is 13.0. The van der Waals surface area contributed by atoms with Gasteiger partial charge >= 0.3 is 0 Å². The Bertz CT molecular complexity index is 1220. The minimum atomic E-state index is -0.316. The number of hydrogen-bond acceptors (Lipinski definition) is 5. The van der Waals surface area contributed by atoms with Gasteiger partial charge in [0.2, 0.25) is 6.79 Å². The molecule has 9 heteroatoms. The molecule has 0 atom stereocenters. The predicted octanol–water partition coefficient (Wildman–Crippen LogP) is 3.43. The molecule has 156 valence electrons. The summed E-state index contributed by atoms with van der Waals surface area (Å²) in [6, 6.07) is 16.8. The highest BCUT2D eigenvalue weighted by molar-refractivity contribution is 6.30. The van der Waals surface area contributed by atoms with Crippen LogP contribution in [0.4, 0.5) is 0 Å². The van der Waals surface area contributed by atoms with Gasteiger partial charge in [0.05, 0.1) is 6.54 Å². The first-order valence-corrected chi connectivity index (χ1v) is 10.0. The summed E-state index contributed by atoms with van der Waals surface area (Å²) in [6.45, 7) is 0.986. The lowest BCUT2D eigenvalue weighted by molar-refractivity contribution is 0.0945. The maximum absolute atomic E-state index is 13.0. The SMILES string of the molecule is O=C(NCc1ccc2c(c1)OCO2)c1nnn(Cc2ccc(Cl)cc2)c1-n1cccc1. The van der Waals surface area contributed by atoms with Crippen molar-refractivity contribution < 1.29 is 14.3 Å². The fraction of sp³-hybridized carbons (Fsp3) is 0.136. The van der Waals surface area contributed by atoms with E-state index in [0.29, 0.717) is 35.4 Å². The van der Waals surface area contributed by atoms with Gasteiger partial charge in [-0.1, -0.05) is 35.0 Å². The summed E-state index contributed by atoms with van der Waals surface area (Å²) in [4.78, 5) is 13.0. The van der Waals surface area contributed by atoms with Gasteiger partial charge in [-0.15, -0.1) is 5.10 Å². The Morgan fingerprint density at radius 1 is 1.03 bits per heavy atom. The molecule has 0 bridgehead atoms. The van der Waals surface area contributed by atoms with Crippen LogP contribution in [0, 0.1) is 0 Å². The van der Waals surface area contributed by atoms with E-state index in [9.17, 15) is 4.79 Å². The smallest absolute Gasteiger partial charge is 0.276 e. The first-order chi connectivity index (χ1) is 15.2. The first-order valence-electron chi connectivity index (χ1n) is 9.65. The zero-order valence-corrected chi connectivity index (χ0v) is 17.1. The van der Waals surface area contributed by atoms with Crippen LogP contribution in [0.25, 0.3) is 5.82 Å². The number of nitrogens with zero attached hydrogens (tertiary/aromatic N) is 4. The van der Waals surface area contributed by atoms with Crippen molar-refractivity contribution in [2.45, 2.75) is 13.1 Å². The summed E-state index contributed by atoms with van der Waals surface area (Å²) in [5.41, 5.74) is 2.13. The Labute approximate surface area is 183 Å². The van der Waals surface area contributed by atoms with Crippen LogP contribution in [0.2, 0.25) is 5.02 Å². The van der Waals surface area contributed by atoms with Crippen molar-refractivity contribution in [3.05, 3.63) is 88.8 Å². The van der Waals surface area contributed by atoms with E-state index in [-0.39, 0.29) is 18.4 Å². The van der Waals surface area contributed by atoms with Crippen LogP contribution in [0.3, 0.4) is 0 Å². The molecular formula is C22H18ClN5O3. The molecule has 0 spiro atoms. The molecule has 5 rings (SSSR count). The highest BCUT2D eigenvalue weighted by Gasteiger charge is 2.21. The van der Waals surface area contributed by atoms with Crippen LogP contribution in [0.1, 0.15) is 21.6 Å². The molecule has 0 saturated heterocycles. The van der Waals surface area contributed by atoms with Crippen LogP contribution in [0.5, 0.6) is 11.5 Å². The second kappa shape index (κ2) is 8.16. The molecule has 4 aromatic rings. The standard InChI is InChI=1S/C22H18ClN5O3/c23-17-6-3-15(4-7-17)13-28-22(27-9-1-2-10-27)20(25-26-28)21(29)24-12-16-5-8-18-19(11-16)31-14-30-18/h1-11H,12-14H2,(H,24,29). The Morgan fingerprint density at radius 3 is 2.58 bits per heavy atom. The van der Waals surface area contributed by atoms with E-state index in [1.54, 1.807) is 4.68 Å². The fourth-order valence-corrected chi connectivity index (χ4v) is 3.50. The molecule has 0 unspecified atom stereocenters. The number of hydrogen-bond donors (Lipinski definition) is 1. The molecule has 2 aromatic heterocycles. The Morgan fingerprint density at radius 2 is 1.77 bits per heavy atom. The lowest BCUT2D eigenvalue weighted by Gasteiger charge is -2.10. The number of benzene rings is 2. The van der Waals surface area contributed by atoms with E-state index in [1.165, 1.54) is 0 Å². The molecule has 8 nitrogen and oxygen atoms in total. The van der Waals surface area contributed by atoms with E-state index in [0.717, 1.165) is 11.1 Å². The number of halogens is 1. The summed E-state index contributed by atoms with van der Waals surface area (Å²) in [6.07, 6.45) is 3.71. The lowest BCUT2D eigenvalue weighted by Crippen LogP contribution is -2.25. The Kier molecular flexibility index (Phi) is 5.05.